The predicted octanol–water partition coefficient (Wildman–Crippen LogP) is 9.88. The quantitative estimate of drug-likeness (QED) is 0.148. The van der Waals surface area contributed by atoms with Gasteiger partial charge in [-0.1, -0.05) is 153 Å². The fraction of sp³-hybridized carbons (Fsp3) is 0.182. The molecule has 7 rings (SSSR count). The smallest absolute Gasteiger partial charge is 0.138 e. The Morgan fingerprint density at radius 3 is 1.85 bits per heavy atom. The van der Waals surface area contributed by atoms with Crippen molar-refractivity contribution in [3.05, 3.63) is 197 Å². The Morgan fingerprint density at radius 1 is 0.604 bits per heavy atom. The molecule has 0 aromatic heterocycles. The number of rotatable bonds is 10. The highest BCUT2D eigenvalue weighted by Crippen LogP contribution is 2.56. The maximum atomic E-state index is 7.42. The van der Waals surface area contributed by atoms with Crippen LogP contribution in [0.2, 0.25) is 0 Å². The lowest BCUT2D eigenvalue weighted by molar-refractivity contribution is 0.419. The number of nitrogens with two attached hydrogens (primary N) is 2. The number of hydrogen-bond acceptors (Lipinski definition) is 4. The van der Waals surface area contributed by atoms with Gasteiger partial charge in [0.1, 0.15) is 23.8 Å². The van der Waals surface area contributed by atoms with E-state index in [1.54, 1.807) is 0 Å². The van der Waals surface area contributed by atoms with Crippen LogP contribution in [0.4, 0.5) is 5.69 Å². The standard InChI is InChI=1S/C44H43N3O/c1-31(2)28-29-32-16-14-17-33(30-32)42(45)47(36-22-10-5-11-23-36)43(46)37-24-15-26-39-41(37)48-40-27-13-12-25-38(40)44(39,34-18-6-3-7-19-34)35-20-8-4-9-21-35/h3-27,30-31,42-43H,28-29,45-46H2,1-2H3. The molecule has 2 unspecified atom stereocenters. The molecule has 1 heterocycles. The van der Waals surface area contributed by atoms with Gasteiger partial charge in [-0.25, -0.2) is 0 Å². The first-order chi connectivity index (χ1) is 23.5. The number of anilines is 1. The SMILES string of the molecule is CC(C)CCc1cccc(C(N)N(c2ccccc2)C(N)c2cccc3c2Oc2ccccc2C3(c2ccccc2)c2ccccc2)c1. The lowest BCUT2D eigenvalue weighted by Gasteiger charge is -2.43. The second-order valence-electron chi connectivity index (χ2n) is 13.1. The Balaban J connectivity index is 1.41. The van der Waals surface area contributed by atoms with Gasteiger partial charge in [0.05, 0.1) is 5.41 Å². The van der Waals surface area contributed by atoms with Gasteiger partial charge in [0.25, 0.3) is 0 Å². The van der Waals surface area contributed by atoms with Crippen LogP contribution in [0.15, 0.2) is 158 Å². The summed E-state index contributed by atoms with van der Waals surface area (Å²) in [6.45, 7) is 4.52. The molecule has 4 nitrogen and oxygen atoms in total. The van der Waals surface area contributed by atoms with Crippen LogP contribution in [0.5, 0.6) is 11.5 Å². The average molecular weight is 630 g/mol. The van der Waals surface area contributed by atoms with Crippen LogP contribution in [0, 0.1) is 5.92 Å². The zero-order chi connectivity index (χ0) is 33.1. The van der Waals surface area contributed by atoms with E-state index in [-0.39, 0.29) is 0 Å². The number of hydrogen-bond donors (Lipinski definition) is 2. The fourth-order valence-corrected chi connectivity index (χ4v) is 7.28. The van der Waals surface area contributed by atoms with Gasteiger partial charge < -0.3 is 21.1 Å². The Bertz CT molecular complexity index is 1930. The van der Waals surface area contributed by atoms with Gasteiger partial charge in [-0.15, -0.1) is 0 Å². The molecular weight excluding hydrogens is 587 g/mol. The van der Waals surface area contributed by atoms with E-state index in [4.69, 9.17) is 16.2 Å². The molecule has 1 aliphatic heterocycles. The summed E-state index contributed by atoms with van der Waals surface area (Å²) in [5.74, 6) is 2.20. The van der Waals surface area contributed by atoms with Crippen LogP contribution in [0.25, 0.3) is 0 Å². The van der Waals surface area contributed by atoms with Gasteiger partial charge in [0.2, 0.25) is 0 Å². The van der Waals surface area contributed by atoms with Crippen molar-refractivity contribution in [3.8, 4) is 11.5 Å². The maximum absolute atomic E-state index is 7.42. The highest BCUT2D eigenvalue weighted by molar-refractivity contribution is 5.71. The Labute approximate surface area is 284 Å². The molecule has 1 aliphatic rings. The summed E-state index contributed by atoms with van der Waals surface area (Å²) in [6.07, 6.45) is 1.02. The fourth-order valence-electron chi connectivity index (χ4n) is 7.28. The number of para-hydroxylation sites is 3. The van der Waals surface area contributed by atoms with Crippen LogP contribution < -0.4 is 21.1 Å². The summed E-state index contributed by atoms with van der Waals surface area (Å²) in [7, 11) is 0. The summed E-state index contributed by atoms with van der Waals surface area (Å²) >= 11 is 0. The van der Waals surface area contributed by atoms with Crippen molar-refractivity contribution in [3.63, 3.8) is 0 Å². The molecule has 4 N–H and O–H groups in total. The molecular formula is C44H43N3O. The van der Waals surface area contributed by atoms with E-state index in [1.807, 2.05) is 24.3 Å². The van der Waals surface area contributed by atoms with Crippen molar-refractivity contribution in [1.82, 2.24) is 0 Å². The summed E-state index contributed by atoms with van der Waals surface area (Å²) in [5.41, 5.74) is 22.6. The van der Waals surface area contributed by atoms with Gasteiger partial charge in [0.15, 0.2) is 0 Å². The van der Waals surface area contributed by atoms with Crippen LogP contribution in [0.3, 0.4) is 0 Å². The van der Waals surface area contributed by atoms with Crippen molar-refractivity contribution >= 4 is 5.69 Å². The minimum atomic E-state index is -0.632. The van der Waals surface area contributed by atoms with Gasteiger partial charge in [-0.3, -0.25) is 0 Å². The number of nitrogens with zero attached hydrogens (tertiary/aromatic N) is 1. The molecule has 0 fully saturated rings. The third-order valence-electron chi connectivity index (χ3n) is 9.64. The first-order valence-electron chi connectivity index (χ1n) is 16.9. The van der Waals surface area contributed by atoms with E-state index >= 15 is 0 Å². The first kappa shape index (κ1) is 31.4. The molecule has 0 aliphatic carbocycles. The van der Waals surface area contributed by atoms with E-state index < -0.39 is 17.7 Å². The van der Waals surface area contributed by atoms with E-state index in [9.17, 15) is 0 Å². The minimum absolute atomic E-state index is 0.499. The van der Waals surface area contributed by atoms with E-state index in [2.05, 4.69) is 152 Å². The zero-order valence-electron chi connectivity index (χ0n) is 27.7. The van der Waals surface area contributed by atoms with Gasteiger partial charge in [-0.2, -0.15) is 0 Å². The second-order valence-corrected chi connectivity index (χ2v) is 13.1. The molecule has 6 aromatic rings. The molecule has 0 saturated carbocycles. The van der Waals surface area contributed by atoms with Crippen molar-refractivity contribution in [2.45, 2.75) is 44.4 Å². The number of benzene rings is 6. The molecule has 4 heteroatoms. The van der Waals surface area contributed by atoms with Crippen LogP contribution in [-0.2, 0) is 11.8 Å². The summed E-state index contributed by atoms with van der Waals surface area (Å²) in [5, 5.41) is 0. The topological polar surface area (TPSA) is 64.5 Å². The predicted molar refractivity (Wildman–Crippen MR) is 197 cm³/mol. The number of fused-ring (bicyclic) bond motifs is 2. The monoisotopic (exact) mass is 629 g/mol. The molecule has 0 amide bonds. The first-order valence-corrected chi connectivity index (χ1v) is 16.9. The van der Waals surface area contributed by atoms with E-state index in [0.717, 1.165) is 63.4 Å². The highest BCUT2D eigenvalue weighted by Gasteiger charge is 2.46. The zero-order valence-corrected chi connectivity index (χ0v) is 27.7. The highest BCUT2D eigenvalue weighted by atomic mass is 16.5. The van der Waals surface area contributed by atoms with E-state index in [0.29, 0.717) is 5.92 Å². The van der Waals surface area contributed by atoms with Crippen LogP contribution in [0.1, 0.15) is 71.5 Å². The maximum Gasteiger partial charge on any atom is 0.138 e. The minimum Gasteiger partial charge on any atom is -0.456 e. The lowest BCUT2D eigenvalue weighted by Crippen LogP contribution is -2.42. The van der Waals surface area contributed by atoms with Crippen molar-refractivity contribution in [1.29, 1.82) is 0 Å². The lowest BCUT2D eigenvalue weighted by atomic mass is 9.63. The normalized spacial score (nSPS) is 14.4. The molecule has 6 aromatic carbocycles. The number of ether oxygens (including phenoxy) is 1. The van der Waals surface area contributed by atoms with Crippen LogP contribution in [-0.4, -0.2) is 0 Å². The molecule has 0 spiro atoms. The molecule has 48 heavy (non-hydrogen) atoms. The third-order valence-corrected chi connectivity index (χ3v) is 9.64. The van der Waals surface area contributed by atoms with Gasteiger partial charge in [-0.05, 0) is 59.2 Å². The molecule has 0 bridgehead atoms. The molecule has 240 valence electrons. The third kappa shape index (κ3) is 5.68. The Morgan fingerprint density at radius 2 is 1.19 bits per heavy atom. The average Bonchev–Trinajstić information content (AvgIpc) is 3.14. The number of aryl methyl sites for hydroxylation is 1. The van der Waals surface area contributed by atoms with Crippen molar-refractivity contribution in [2.75, 3.05) is 4.90 Å². The molecule has 0 radical (unpaired) electrons. The molecule has 0 saturated heterocycles. The molecule has 2 atom stereocenters. The second kappa shape index (κ2) is 13.5. The van der Waals surface area contributed by atoms with Gasteiger partial charge in [0, 0.05) is 22.4 Å². The van der Waals surface area contributed by atoms with Crippen molar-refractivity contribution < 1.29 is 4.74 Å². The van der Waals surface area contributed by atoms with Crippen LogP contribution >= 0.6 is 0 Å². The largest absolute Gasteiger partial charge is 0.456 e. The Kier molecular flexibility index (Phi) is 8.86. The Hall–Kier alpha value is -5.16. The summed E-state index contributed by atoms with van der Waals surface area (Å²) < 4.78 is 6.93. The van der Waals surface area contributed by atoms with Crippen molar-refractivity contribution in [2.24, 2.45) is 17.4 Å². The van der Waals surface area contributed by atoms with Gasteiger partial charge >= 0.3 is 0 Å². The summed E-state index contributed by atoms with van der Waals surface area (Å²) in [4.78, 5) is 2.12. The van der Waals surface area contributed by atoms with E-state index in [1.165, 1.54) is 5.56 Å². The summed E-state index contributed by atoms with van der Waals surface area (Å²) in [6, 6.07) is 55.0.